The van der Waals surface area contributed by atoms with Gasteiger partial charge in [-0.1, -0.05) is 0 Å². The number of rotatable bonds is 5. The second kappa shape index (κ2) is 6.03. The second-order valence-corrected chi connectivity index (χ2v) is 3.60. The minimum absolute atomic E-state index is 0.151. The van der Waals surface area contributed by atoms with Crippen molar-refractivity contribution in [3.8, 4) is 5.75 Å². The molecular formula is C13H16O4. The lowest BCUT2D eigenvalue weighted by atomic mass is 10.00. The number of carbonyl (C=O) groups excluding carboxylic acids is 2. The third-order valence-corrected chi connectivity index (χ3v) is 2.53. The quantitative estimate of drug-likeness (QED) is 0.579. The molecule has 0 aromatic heterocycles. The summed E-state index contributed by atoms with van der Waals surface area (Å²) in [5, 5.41) is 0. The van der Waals surface area contributed by atoms with Crippen LogP contribution in [0.5, 0.6) is 5.75 Å². The van der Waals surface area contributed by atoms with Crippen molar-refractivity contribution >= 4 is 12.3 Å². The van der Waals surface area contributed by atoms with Gasteiger partial charge in [0.2, 0.25) is 0 Å². The minimum Gasteiger partial charge on any atom is -0.497 e. The molecule has 0 atom stereocenters. The molecule has 0 saturated carbocycles. The number of esters is 1. The third kappa shape index (κ3) is 3.31. The van der Waals surface area contributed by atoms with E-state index in [9.17, 15) is 9.59 Å². The molecule has 4 heteroatoms. The number of hydrogen-bond acceptors (Lipinski definition) is 4. The van der Waals surface area contributed by atoms with Crippen molar-refractivity contribution in [2.24, 2.45) is 0 Å². The van der Waals surface area contributed by atoms with Crippen molar-refractivity contribution in [1.82, 2.24) is 0 Å². The van der Waals surface area contributed by atoms with Crippen LogP contribution in [-0.4, -0.2) is 26.0 Å². The van der Waals surface area contributed by atoms with Gasteiger partial charge in [-0.15, -0.1) is 0 Å². The van der Waals surface area contributed by atoms with Gasteiger partial charge in [0.05, 0.1) is 20.1 Å². The van der Waals surface area contributed by atoms with E-state index in [1.165, 1.54) is 7.11 Å². The molecule has 0 bridgehead atoms. The van der Waals surface area contributed by atoms with Gasteiger partial charge in [0.25, 0.3) is 0 Å². The molecule has 0 unspecified atom stereocenters. The van der Waals surface area contributed by atoms with Gasteiger partial charge in [-0.05, 0) is 37.1 Å². The Morgan fingerprint density at radius 3 is 2.65 bits per heavy atom. The Labute approximate surface area is 101 Å². The molecule has 0 saturated heterocycles. The summed E-state index contributed by atoms with van der Waals surface area (Å²) in [5.74, 6) is 0.262. The Balaban J connectivity index is 3.04. The van der Waals surface area contributed by atoms with Crippen LogP contribution in [0, 0.1) is 6.92 Å². The maximum Gasteiger partial charge on any atom is 0.310 e. The van der Waals surface area contributed by atoms with Gasteiger partial charge in [-0.3, -0.25) is 9.59 Å². The molecule has 4 nitrogen and oxygen atoms in total. The van der Waals surface area contributed by atoms with Crippen LogP contribution >= 0.6 is 0 Å². The highest BCUT2D eigenvalue weighted by Crippen LogP contribution is 2.21. The van der Waals surface area contributed by atoms with E-state index in [0.717, 1.165) is 17.4 Å². The minimum atomic E-state index is -0.305. The number of methoxy groups -OCH3 is 1. The van der Waals surface area contributed by atoms with Gasteiger partial charge in [0.1, 0.15) is 12.0 Å². The van der Waals surface area contributed by atoms with Crippen LogP contribution < -0.4 is 4.74 Å². The van der Waals surface area contributed by atoms with Crippen LogP contribution in [0.4, 0.5) is 0 Å². The van der Waals surface area contributed by atoms with E-state index < -0.39 is 0 Å². The molecule has 1 rings (SSSR count). The van der Waals surface area contributed by atoms with Gasteiger partial charge in [-0.2, -0.15) is 0 Å². The number of aldehydes is 1. The number of hydrogen-bond donors (Lipinski definition) is 0. The topological polar surface area (TPSA) is 52.6 Å². The number of ether oxygens (including phenoxy) is 2. The van der Waals surface area contributed by atoms with Crippen molar-refractivity contribution in [1.29, 1.82) is 0 Å². The van der Waals surface area contributed by atoms with Gasteiger partial charge in [-0.25, -0.2) is 0 Å². The molecule has 1 aromatic carbocycles. The third-order valence-electron chi connectivity index (χ3n) is 2.53. The summed E-state index contributed by atoms with van der Waals surface area (Å²) >= 11 is 0. The summed E-state index contributed by atoms with van der Waals surface area (Å²) in [4.78, 5) is 22.3. The van der Waals surface area contributed by atoms with Crippen LogP contribution in [-0.2, 0) is 16.0 Å². The first-order valence-corrected chi connectivity index (χ1v) is 5.40. The fourth-order valence-corrected chi connectivity index (χ4v) is 1.56. The zero-order valence-corrected chi connectivity index (χ0v) is 10.3. The van der Waals surface area contributed by atoms with E-state index in [0.29, 0.717) is 17.9 Å². The maximum absolute atomic E-state index is 11.4. The monoisotopic (exact) mass is 236 g/mol. The first-order chi connectivity index (χ1) is 8.12. The highest BCUT2D eigenvalue weighted by Gasteiger charge is 2.11. The lowest BCUT2D eigenvalue weighted by Gasteiger charge is -2.10. The van der Waals surface area contributed by atoms with E-state index in [-0.39, 0.29) is 12.4 Å². The normalized spacial score (nSPS) is 9.82. The standard InChI is InChI=1S/C13H16O4/c1-4-17-13(15)7-10-5-12(16-3)6-11(8-14)9(10)2/h5-6,8H,4,7H2,1-3H3. The van der Waals surface area contributed by atoms with Gasteiger partial charge < -0.3 is 9.47 Å². The van der Waals surface area contributed by atoms with E-state index in [2.05, 4.69) is 0 Å². The summed E-state index contributed by atoms with van der Waals surface area (Å²) in [6.45, 7) is 3.91. The highest BCUT2D eigenvalue weighted by atomic mass is 16.5. The van der Waals surface area contributed by atoms with Crippen LogP contribution in [0.3, 0.4) is 0 Å². The van der Waals surface area contributed by atoms with Crippen LogP contribution in [0.1, 0.15) is 28.4 Å². The summed E-state index contributed by atoms with van der Waals surface area (Å²) in [7, 11) is 1.52. The first kappa shape index (κ1) is 13.2. The molecule has 0 aliphatic rings. The highest BCUT2D eigenvalue weighted by molar-refractivity contribution is 5.81. The molecule has 17 heavy (non-hydrogen) atoms. The Hall–Kier alpha value is -1.84. The average molecular weight is 236 g/mol. The van der Waals surface area contributed by atoms with Gasteiger partial charge in [0, 0.05) is 5.56 Å². The largest absolute Gasteiger partial charge is 0.497 e. The predicted octanol–water partition coefficient (Wildman–Crippen LogP) is 1.92. The average Bonchev–Trinajstić information content (AvgIpc) is 2.32. The van der Waals surface area contributed by atoms with E-state index in [1.54, 1.807) is 26.0 Å². The van der Waals surface area contributed by atoms with Crippen LogP contribution in [0.15, 0.2) is 12.1 Å². The molecule has 0 N–H and O–H groups in total. The molecule has 1 aromatic rings. The molecule has 0 fully saturated rings. The first-order valence-electron chi connectivity index (χ1n) is 5.40. The number of benzene rings is 1. The lowest BCUT2D eigenvalue weighted by molar-refractivity contribution is -0.142. The zero-order valence-electron chi connectivity index (χ0n) is 10.3. The number of carbonyl (C=O) groups is 2. The Bertz CT molecular complexity index is 424. The summed E-state index contributed by atoms with van der Waals surface area (Å²) in [6, 6.07) is 3.40. The molecule has 0 heterocycles. The molecule has 0 aliphatic heterocycles. The Kier molecular flexibility index (Phi) is 4.69. The lowest BCUT2D eigenvalue weighted by Crippen LogP contribution is -2.09. The summed E-state index contributed by atoms with van der Waals surface area (Å²) in [5.41, 5.74) is 2.07. The van der Waals surface area contributed by atoms with Crippen molar-refractivity contribution < 1.29 is 19.1 Å². The Morgan fingerprint density at radius 1 is 1.41 bits per heavy atom. The fraction of sp³-hybridized carbons (Fsp3) is 0.385. The SMILES string of the molecule is CCOC(=O)Cc1cc(OC)cc(C=O)c1C. The van der Waals surface area contributed by atoms with Crippen LogP contribution in [0.25, 0.3) is 0 Å². The van der Waals surface area contributed by atoms with Crippen molar-refractivity contribution in [3.05, 3.63) is 28.8 Å². The molecule has 92 valence electrons. The van der Waals surface area contributed by atoms with E-state index >= 15 is 0 Å². The van der Waals surface area contributed by atoms with Crippen molar-refractivity contribution in [2.45, 2.75) is 20.3 Å². The fourth-order valence-electron chi connectivity index (χ4n) is 1.56. The van der Waals surface area contributed by atoms with E-state index in [4.69, 9.17) is 9.47 Å². The molecule has 0 aliphatic carbocycles. The Morgan fingerprint density at radius 2 is 2.12 bits per heavy atom. The second-order valence-electron chi connectivity index (χ2n) is 3.60. The smallest absolute Gasteiger partial charge is 0.310 e. The zero-order chi connectivity index (χ0) is 12.8. The molecule has 0 amide bonds. The summed E-state index contributed by atoms with van der Waals surface area (Å²) in [6.07, 6.45) is 0.907. The van der Waals surface area contributed by atoms with Gasteiger partial charge >= 0.3 is 5.97 Å². The molecule has 0 radical (unpaired) electrons. The molecule has 0 spiro atoms. The molecular weight excluding hydrogens is 220 g/mol. The van der Waals surface area contributed by atoms with Crippen molar-refractivity contribution in [3.63, 3.8) is 0 Å². The van der Waals surface area contributed by atoms with Crippen LogP contribution in [0.2, 0.25) is 0 Å². The van der Waals surface area contributed by atoms with Crippen molar-refractivity contribution in [2.75, 3.05) is 13.7 Å². The van der Waals surface area contributed by atoms with E-state index in [1.807, 2.05) is 0 Å². The predicted molar refractivity (Wildman–Crippen MR) is 63.5 cm³/mol. The van der Waals surface area contributed by atoms with Gasteiger partial charge in [0.15, 0.2) is 0 Å². The maximum atomic E-state index is 11.4. The summed E-state index contributed by atoms with van der Waals surface area (Å²) < 4.78 is 9.96.